The van der Waals surface area contributed by atoms with E-state index >= 15 is 0 Å². The average molecular weight is 301 g/mol. The van der Waals surface area contributed by atoms with Crippen LogP contribution in [0.1, 0.15) is 32.1 Å². The van der Waals surface area contributed by atoms with Crippen LogP contribution in [-0.4, -0.2) is 37.9 Å². The molecule has 1 atom stereocenters. The molecule has 1 saturated carbocycles. The number of ether oxygens (including phenoxy) is 1. The summed E-state index contributed by atoms with van der Waals surface area (Å²) in [4.78, 5) is 23.0. The van der Waals surface area contributed by atoms with Gasteiger partial charge in [-0.15, -0.1) is 0 Å². The maximum atomic E-state index is 11.7. The molecule has 1 amide bonds. The van der Waals surface area contributed by atoms with Crippen molar-refractivity contribution in [2.75, 3.05) is 6.61 Å². The van der Waals surface area contributed by atoms with Crippen molar-refractivity contribution in [3.05, 3.63) is 0 Å². The molecule has 0 saturated heterocycles. The van der Waals surface area contributed by atoms with Gasteiger partial charge >= 0.3 is 12.1 Å². The molecule has 116 valence electrons. The summed E-state index contributed by atoms with van der Waals surface area (Å²) in [5, 5.41) is 11.8. The first-order valence-electron chi connectivity index (χ1n) is 7.46. The van der Waals surface area contributed by atoms with E-state index in [2.05, 4.69) is 25.0 Å². The van der Waals surface area contributed by atoms with Crippen LogP contribution in [0, 0.1) is 5.92 Å². The Morgan fingerprint density at radius 3 is 2.35 bits per heavy atom. The first-order valence-corrected chi connectivity index (χ1v) is 11.2. The number of carboxylic acids is 1. The van der Waals surface area contributed by atoms with Crippen molar-refractivity contribution in [1.29, 1.82) is 0 Å². The van der Waals surface area contributed by atoms with Crippen LogP contribution in [-0.2, 0) is 9.53 Å². The second kappa shape index (κ2) is 7.66. The third-order valence-electron chi connectivity index (χ3n) is 3.75. The second-order valence-electron chi connectivity index (χ2n) is 6.80. The minimum absolute atomic E-state index is 0.0331. The van der Waals surface area contributed by atoms with Crippen LogP contribution in [0.4, 0.5) is 4.79 Å². The van der Waals surface area contributed by atoms with E-state index < -0.39 is 26.2 Å². The molecular formula is C14H27NO4Si. The summed E-state index contributed by atoms with van der Waals surface area (Å²) >= 11 is 0. The lowest BCUT2D eigenvalue weighted by Crippen LogP contribution is -2.46. The molecule has 0 unspecified atom stereocenters. The Hall–Kier alpha value is -1.04. The maximum Gasteiger partial charge on any atom is 0.407 e. The lowest BCUT2D eigenvalue weighted by molar-refractivity contribution is -0.141. The summed E-state index contributed by atoms with van der Waals surface area (Å²) in [5.74, 6) is -0.926. The Morgan fingerprint density at radius 2 is 1.85 bits per heavy atom. The summed E-state index contributed by atoms with van der Waals surface area (Å²) in [6.07, 6.45) is 4.38. The second-order valence-corrected chi connectivity index (χ2v) is 12.4. The molecule has 0 aromatic carbocycles. The monoisotopic (exact) mass is 301 g/mol. The van der Waals surface area contributed by atoms with Crippen molar-refractivity contribution < 1.29 is 19.4 Å². The Morgan fingerprint density at radius 1 is 1.25 bits per heavy atom. The number of carbonyl (C=O) groups is 2. The number of carbonyl (C=O) groups excluding carboxylic acids is 1. The molecule has 1 aliphatic rings. The summed E-state index contributed by atoms with van der Waals surface area (Å²) < 4.78 is 5.11. The number of nitrogens with one attached hydrogen (secondary N) is 1. The highest BCUT2D eigenvalue weighted by molar-refractivity contribution is 6.76. The van der Waals surface area contributed by atoms with E-state index in [1.807, 2.05) is 0 Å². The van der Waals surface area contributed by atoms with Gasteiger partial charge in [0.25, 0.3) is 0 Å². The van der Waals surface area contributed by atoms with Gasteiger partial charge in [0.1, 0.15) is 6.04 Å². The highest BCUT2D eigenvalue weighted by atomic mass is 28.3. The third-order valence-corrected chi connectivity index (χ3v) is 5.45. The van der Waals surface area contributed by atoms with Crippen molar-refractivity contribution in [3.8, 4) is 0 Å². The van der Waals surface area contributed by atoms with Crippen LogP contribution in [0.5, 0.6) is 0 Å². The molecular weight excluding hydrogens is 274 g/mol. The highest BCUT2D eigenvalue weighted by Gasteiger charge is 2.31. The zero-order chi connectivity index (χ0) is 15.2. The Kier molecular flexibility index (Phi) is 6.52. The lowest BCUT2D eigenvalue weighted by atomic mass is 9.84. The zero-order valence-corrected chi connectivity index (χ0v) is 13.8. The van der Waals surface area contributed by atoms with Crippen LogP contribution >= 0.6 is 0 Å². The Bertz CT molecular complexity index is 335. The number of hydrogen-bond acceptors (Lipinski definition) is 3. The lowest BCUT2D eigenvalue weighted by Gasteiger charge is -2.27. The summed E-state index contributed by atoms with van der Waals surface area (Å²) in [6, 6.07) is 0.0800. The quantitative estimate of drug-likeness (QED) is 0.739. The minimum atomic E-state index is -1.24. The van der Waals surface area contributed by atoms with Gasteiger partial charge in [-0.25, -0.2) is 9.59 Å². The van der Waals surface area contributed by atoms with Crippen LogP contribution in [0.15, 0.2) is 0 Å². The van der Waals surface area contributed by atoms with Crippen molar-refractivity contribution in [3.63, 3.8) is 0 Å². The van der Waals surface area contributed by atoms with Gasteiger partial charge in [0.05, 0.1) is 6.61 Å². The first kappa shape index (κ1) is 17.0. The van der Waals surface area contributed by atoms with Crippen LogP contribution in [0.2, 0.25) is 25.7 Å². The fourth-order valence-electron chi connectivity index (χ4n) is 2.47. The summed E-state index contributed by atoms with van der Waals surface area (Å²) in [5.41, 5.74) is 0. The number of alkyl carbamates (subject to hydrolysis) is 1. The van der Waals surface area contributed by atoms with E-state index in [4.69, 9.17) is 4.74 Å². The molecule has 5 nitrogen and oxygen atoms in total. The van der Waals surface area contributed by atoms with Crippen LogP contribution in [0.3, 0.4) is 0 Å². The number of aliphatic carboxylic acids is 1. The van der Waals surface area contributed by atoms with Crippen molar-refractivity contribution in [1.82, 2.24) is 5.32 Å². The predicted molar refractivity (Wildman–Crippen MR) is 80.6 cm³/mol. The number of amides is 1. The van der Waals surface area contributed by atoms with E-state index in [9.17, 15) is 14.7 Å². The molecule has 0 aliphatic heterocycles. The van der Waals surface area contributed by atoms with Gasteiger partial charge in [-0.3, -0.25) is 0 Å². The SMILES string of the molecule is C[Si](C)(C)CCOC(=O)N[C@@H](C(=O)O)C1CCCCC1. The van der Waals surface area contributed by atoms with E-state index in [1.165, 1.54) is 0 Å². The standard InChI is InChI=1S/C14H27NO4Si/c1-20(2,3)10-9-19-14(18)15-12(13(16)17)11-7-5-4-6-8-11/h11-12H,4-10H2,1-3H3,(H,15,18)(H,16,17)/t12-/m1/s1. The molecule has 2 N–H and O–H groups in total. The van der Waals surface area contributed by atoms with Crippen molar-refractivity contribution in [2.24, 2.45) is 5.92 Å². The summed E-state index contributed by atoms with van der Waals surface area (Å²) in [6.45, 7) is 6.99. The Labute approximate surface area is 122 Å². The number of hydrogen-bond donors (Lipinski definition) is 2. The summed E-state index contributed by atoms with van der Waals surface area (Å²) in [7, 11) is -1.24. The predicted octanol–water partition coefficient (Wildman–Crippen LogP) is 3.08. The van der Waals surface area contributed by atoms with Gasteiger partial charge < -0.3 is 15.2 Å². The largest absolute Gasteiger partial charge is 0.480 e. The molecule has 0 aromatic heterocycles. The van der Waals surface area contributed by atoms with Gasteiger partial charge in [-0.2, -0.15) is 0 Å². The molecule has 0 heterocycles. The van der Waals surface area contributed by atoms with Gasteiger partial charge in [-0.1, -0.05) is 38.9 Å². The van der Waals surface area contributed by atoms with Crippen molar-refractivity contribution >= 4 is 20.1 Å². The molecule has 0 aromatic rings. The fourth-order valence-corrected chi connectivity index (χ4v) is 3.18. The topological polar surface area (TPSA) is 75.6 Å². The molecule has 20 heavy (non-hydrogen) atoms. The van der Waals surface area contributed by atoms with Gasteiger partial charge in [0, 0.05) is 8.07 Å². The highest BCUT2D eigenvalue weighted by Crippen LogP contribution is 2.26. The third kappa shape index (κ3) is 6.41. The van der Waals surface area contributed by atoms with Gasteiger partial charge in [0.2, 0.25) is 0 Å². The van der Waals surface area contributed by atoms with Crippen LogP contribution < -0.4 is 5.32 Å². The number of carboxylic acid groups (broad SMARTS) is 1. The van der Waals surface area contributed by atoms with Gasteiger partial charge in [-0.05, 0) is 24.8 Å². The van der Waals surface area contributed by atoms with E-state index in [0.717, 1.165) is 38.1 Å². The zero-order valence-electron chi connectivity index (χ0n) is 12.8. The maximum absolute atomic E-state index is 11.7. The molecule has 0 bridgehead atoms. The molecule has 1 fully saturated rings. The molecule has 0 spiro atoms. The smallest absolute Gasteiger partial charge is 0.407 e. The minimum Gasteiger partial charge on any atom is -0.480 e. The number of rotatable bonds is 6. The molecule has 6 heteroatoms. The van der Waals surface area contributed by atoms with E-state index in [-0.39, 0.29) is 5.92 Å². The van der Waals surface area contributed by atoms with E-state index in [1.54, 1.807) is 0 Å². The van der Waals surface area contributed by atoms with Crippen LogP contribution in [0.25, 0.3) is 0 Å². The molecule has 1 rings (SSSR count). The molecule has 0 radical (unpaired) electrons. The van der Waals surface area contributed by atoms with Gasteiger partial charge in [0.15, 0.2) is 0 Å². The Balaban J connectivity index is 2.41. The van der Waals surface area contributed by atoms with Crippen molar-refractivity contribution in [2.45, 2.75) is 63.8 Å². The average Bonchev–Trinajstić information content (AvgIpc) is 2.35. The van der Waals surface area contributed by atoms with E-state index in [0.29, 0.717) is 6.61 Å². The normalized spacial score (nSPS) is 18.4. The molecule has 1 aliphatic carbocycles. The fraction of sp³-hybridized carbons (Fsp3) is 0.857. The first-order chi connectivity index (χ1) is 9.29.